The second-order valence-electron chi connectivity index (χ2n) is 6.61. The van der Waals surface area contributed by atoms with Crippen molar-refractivity contribution in [1.29, 1.82) is 5.26 Å². The van der Waals surface area contributed by atoms with Crippen LogP contribution in [-0.2, 0) is 9.53 Å². The van der Waals surface area contributed by atoms with E-state index in [1.54, 1.807) is 36.6 Å². The molecule has 2 aromatic rings. The summed E-state index contributed by atoms with van der Waals surface area (Å²) in [6.45, 7) is 4.72. The van der Waals surface area contributed by atoms with Crippen LogP contribution in [0.5, 0.6) is 0 Å². The maximum Gasteiger partial charge on any atom is 0.338 e. The summed E-state index contributed by atoms with van der Waals surface area (Å²) in [4.78, 5) is 36.9. The fourth-order valence-corrected chi connectivity index (χ4v) is 2.78. The molecule has 2 rings (SSSR count). The van der Waals surface area contributed by atoms with Gasteiger partial charge in [-0.25, -0.2) is 4.79 Å². The lowest BCUT2D eigenvalue weighted by Crippen LogP contribution is -2.50. The van der Waals surface area contributed by atoms with Gasteiger partial charge in [-0.05, 0) is 42.5 Å². The molecule has 1 unspecified atom stereocenters. The lowest BCUT2D eigenvalue weighted by molar-refractivity contribution is -0.125. The van der Waals surface area contributed by atoms with Crippen molar-refractivity contribution in [3.63, 3.8) is 0 Å². The Morgan fingerprint density at radius 3 is 2.61 bits per heavy atom. The fraction of sp³-hybridized carbons (Fsp3) is 0.300. The van der Waals surface area contributed by atoms with E-state index in [0.717, 1.165) is 0 Å². The van der Waals surface area contributed by atoms with Gasteiger partial charge in [0.1, 0.15) is 5.54 Å². The van der Waals surface area contributed by atoms with E-state index in [0.29, 0.717) is 10.6 Å². The Labute approximate surface area is 167 Å². The van der Waals surface area contributed by atoms with Crippen molar-refractivity contribution in [2.45, 2.75) is 26.3 Å². The van der Waals surface area contributed by atoms with Crippen LogP contribution in [0.25, 0.3) is 0 Å². The third-order valence-corrected chi connectivity index (χ3v) is 5.09. The Morgan fingerprint density at radius 2 is 2.00 bits per heavy atom. The molecule has 28 heavy (non-hydrogen) atoms. The van der Waals surface area contributed by atoms with Crippen LogP contribution in [-0.4, -0.2) is 29.9 Å². The van der Waals surface area contributed by atoms with E-state index in [1.807, 2.05) is 13.8 Å². The van der Waals surface area contributed by atoms with Gasteiger partial charge in [-0.3, -0.25) is 9.59 Å². The number of esters is 1. The summed E-state index contributed by atoms with van der Waals surface area (Å²) in [7, 11) is 0. The van der Waals surface area contributed by atoms with Crippen LogP contribution >= 0.6 is 11.3 Å². The molecule has 0 saturated carbocycles. The van der Waals surface area contributed by atoms with Gasteiger partial charge in [0.15, 0.2) is 6.61 Å². The highest BCUT2D eigenvalue weighted by Gasteiger charge is 2.30. The van der Waals surface area contributed by atoms with Crippen LogP contribution in [0.4, 0.5) is 5.69 Å². The predicted molar refractivity (Wildman–Crippen MR) is 106 cm³/mol. The molecule has 2 N–H and O–H groups in total. The van der Waals surface area contributed by atoms with Crippen LogP contribution in [0, 0.1) is 17.2 Å². The van der Waals surface area contributed by atoms with Gasteiger partial charge >= 0.3 is 5.97 Å². The third kappa shape index (κ3) is 5.41. The zero-order valence-electron chi connectivity index (χ0n) is 15.8. The topological polar surface area (TPSA) is 108 Å². The molecule has 1 aromatic heterocycles. The van der Waals surface area contributed by atoms with Gasteiger partial charge in [0.25, 0.3) is 11.8 Å². The second kappa shape index (κ2) is 9.15. The Balaban J connectivity index is 1.95. The second-order valence-corrected chi connectivity index (χ2v) is 7.55. The smallest absolute Gasteiger partial charge is 0.338 e. The molecule has 8 heteroatoms. The number of nitrogens with one attached hydrogen (secondary N) is 2. The Kier molecular flexibility index (Phi) is 6.90. The first-order valence-corrected chi connectivity index (χ1v) is 9.47. The van der Waals surface area contributed by atoms with Crippen molar-refractivity contribution in [3.8, 4) is 6.07 Å². The summed E-state index contributed by atoms with van der Waals surface area (Å²) in [5, 5.41) is 16.3. The summed E-state index contributed by atoms with van der Waals surface area (Å²) in [6.07, 6.45) is 0. The number of nitrogens with zero attached hydrogens (tertiary/aromatic N) is 1. The highest BCUT2D eigenvalue weighted by molar-refractivity contribution is 7.12. The number of nitriles is 1. The van der Waals surface area contributed by atoms with Gasteiger partial charge in [0.2, 0.25) is 0 Å². The summed E-state index contributed by atoms with van der Waals surface area (Å²) < 4.78 is 5.02. The van der Waals surface area contributed by atoms with Crippen molar-refractivity contribution in [1.82, 2.24) is 5.32 Å². The van der Waals surface area contributed by atoms with Crippen LogP contribution < -0.4 is 10.6 Å². The van der Waals surface area contributed by atoms with E-state index >= 15 is 0 Å². The van der Waals surface area contributed by atoms with E-state index in [4.69, 9.17) is 4.74 Å². The van der Waals surface area contributed by atoms with Crippen LogP contribution in [0.15, 0.2) is 41.8 Å². The minimum atomic E-state index is -1.05. The summed E-state index contributed by atoms with van der Waals surface area (Å²) in [5.41, 5.74) is -0.409. The Bertz CT molecular complexity index is 902. The molecule has 1 aromatic carbocycles. The number of anilines is 1. The summed E-state index contributed by atoms with van der Waals surface area (Å²) >= 11 is 1.31. The number of benzene rings is 1. The van der Waals surface area contributed by atoms with Gasteiger partial charge in [-0.15, -0.1) is 11.3 Å². The Hall–Kier alpha value is -3.18. The zero-order chi connectivity index (χ0) is 20.7. The molecule has 0 radical (unpaired) electrons. The van der Waals surface area contributed by atoms with Crippen molar-refractivity contribution in [2.24, 2.45) is 5.92 Å². The number of ether oxygens (including phenoxy) is 1. The molecule has 0 bridgehead atoms. The van der Waals surface area contributed by atoms with Crippen molar-refractivity contribution in [3.05, 3.63) is 52.2 Å². The van der Waals surface area contributed by atoms with Crippen LogP contribution in [0.2, 0.25) is 0 Å². The first kappa shape index (κ1) is 21.1. The highest BCUT2D eigenvalue weighted by atomic mass is 32.1. The maximum atomic E-state index is 12.2. The predicted octanol–water partition coefficient (Wildman–Crippen LogP) is 3.21. The van der Waals surface area contributed by atoms with Crippen molar-refractivity contribution >= 4 is 34.8 Å². The molecular weight excluding hydrogens is 378 g/mol. The fourth-order valence-electron chi connectivity index (χ4n) is 2.17. The van der Waals surface area contributed by atoms with E-state index in [1.165, 1.54) is 23.5 Å². The van der Waals surface area contributed by atoms with E-state index in [9.17, 15) is 19.6 Å². The lowest BCUT2D eigenvalue weighted by atomic mass is 9.90. The quantitative estimate of drug-likeness (QED) is 0.695. The normalized spacial score (nSPS) is 12.5. The Morgan fingerprint density at radius 1 is 1.25 bits per heavy atom. The molecular formula is C20H21N3O4S. The lowest BCUT2D eigenvalue weighted by Gasteiger charge is -2.27. The van der Waals surface area contributed by atoms with Crippen LogP contribution in [0.3, 0.4) is 0 Å². The van der Waals surface area contributed by atoms with Crippen molar-refractivity contribution < 1.29 is 19.1 Å². The third-order valence-electron chi connectivity index (χ3n) is 4.22. The molecule has 0 aliphatic carbocycles. The number of rotatable bonds is 7. The number of hydrogen-bond acceptors (Lipinski definition) is 6. The number of carbonyl (C=O) groups is 3. The minimum absolute atomic E-state index is 0.110. The van der Waals surface area contributed by atoms with Gasteiger partial charge < -0.3 is 15.4 Å². The van der Waals surface area contributed by atoms with E-state index in [-0.39, 0.29) is 17.4 Å². The van der Waals surface area contributed by atoms with Crippen molar-refractivity contribution in [2.75, 3.05) is 11.9 Å². The first-order valence-electron chi connectivity index (χ1n) is 8.59. The highest BCUT2D eigenvalue weighted by Crippen LogP contribution is 2.16. The SMILES string of the molecule is CC(C)C(C)(C#N)NC(=O)COC(=O)c1cccc(NC(=O)c2cccs2)c1. The molecule has 2 amide bonds. The van der Waals surface area contributed by atoms with Gasteiger partial charge in [0, 0.05) is 5.69 Å². The summed E-state index contributed by atoms with van der Waals surface area (Å²) in [6, 6.07) is 11.8. The molecule has 1 heterocycles. The van der Waals surface area contributed by atoms with E-state index < -0.39 is 24.0 Å². The first-order chi connectivity index (χ1) is 13.2. The average Bonchev–Trinajstić information content (AvgIpc) is 3.21. The maximum absolute atomic E-state index is 12.2. The van der Waals surface area contributed by atoms with E-state index in [2.05, 4.69) is 16.7 Å². The van der Waals surface area contributed by atoms with Crippen LogP contribution in [0.1, 0.15) is 40.8 Å². The average molecular weight is 399 g/mol. The minimum Gasteiger partial charge on any atom is -0.452 e. The molecule has 0 aliphatic rings. The molecule has 1 atom stereocenters. The standard InChI is InChI=1S/C20H21N3O4S/c1-13(2)20(3,12-21)23-17(24)11-27-19(26)14-6-4-7-15(10-14)22-18(25)16-8-5-9-28-16/h4-10,13H,11H2,1-3H3,(H,22,25)(H,23,24). The number of thiophene rings is 1. The number of hydrogen-bond donors (Lipinski definition) is 2. The van der Waals surface area contributed by atoms with Gasteiger partial charge in [0.05, 0.1) is 16.5 Å². The monoisotopic (exact) mass is 399 g/mol. The van der Waals surface area contributed by atoms with Gasteiger partial charge in [-0.1, -0.05) is 26.0 Å². The molecule has 0 saturated heterocycles. The molecule has 0 fully saturated rings. The molecule has 0 aliphatic heterocycles. The largest absolute Gasteiger partial charge is 0.452 e. The molecule has 7 nitrogen and oxygen atoms in total. The number of amides is 2. The zero-order valence-corrected chi connectivity index (χ0v) is 16.6. The van der Waals surface area contributed by atoms with Gasteiger partial charge in [-0.2, -0.15) is 5.26 Å². The molecule has 0 spiro atoms. The molecule has 146 valence electrons. The number of carbonyl (C=O) groups excluding carboxylic acids is 3. The summed E-state index contributed by atoms with van der Waals surface area (Å²) in [5.74, 6) is -1.65.